The van der Waals surface area contributed by atoms with E-state index in [0.29, 0.717) is 0 Å². The predicted molar refractivity (Wildman–Crippen MR) is 86.0 cm³/mol. The van der Waals surface area contributed by atoms with Crippen molar-refractivity contribution in [3.05, 3.63) is 35.8 Å². The highest BCUT2D eigenvalue weighted by Crippen LogP contribution is 2.22. The lowest BCUT2D eigenvalue weighted by Gasteiger charge is -2.32. The fourth-order valence-corrected chi connectivity index (χ4v) is 3.20. The number of hydrogen-bond acceptors (Lipinski definition) is 5. The molecule has 3 rings (SSSR count). The summed E-state index contributed by atoms with van der Waals surface area (Å²) in [6.45, 7) is 4.56. The van der Waals surface area contributed by atoms with E-state index in [1.807, 2.05) is 6.07 Å². The molecule has 1 unspecified atom stereocenters. The van der Waals surface area contributed by atoms with Crippen LogP contribution in [0.4, 0.5) is 0 Å². The van der Waals surface area contributed by atoms with Gasteiger partial charge in [0, 0.05) is 18.9 Å². The Hall–Kier alpha value is -1.92. The maximum Gasteiger partial charge on any atom is 0.334 e. The van der Waals surface area contributed by atoms with E-state index in [4.69, 9.17) is 0 Å². The Balaban J connectivity index is 1.58. The summed E-state index contributed by atoms with van der Waals surface area (Å²) in [5.74, 6) is -0.540. The zero-order valence-electron chi connectivity index (χ0n) is 13.6. The Labute approximate surface area is 135 Å². The average molecular weight is 317 g/mol. The number of nitrogens with zero attached hydrogens (tertiary/aromatic N) is 3. The van der Waals surface area contributed by atoms with Crippen molar-refractivity contribution in [2.75, 3.05) is 20.2 Å². The SMILES string of the molecule is COC(=O)C(O)C1CCN(Cc2cn3cc(C)ccc3n2)CC1. The van der Waals surface area contributed by atoms with Gasteiger partial charge in [-0.3, -0.25) is 4.90 Å². The monoisotopic (exact) mass is 317 g/mol. The molecule has 0 aliphatic carbocycles. The third kappa shape index (κ3) is 3.54. The first-order chi connectivity index (χ1) is 11.1. The molecule has 2 aromatic rings. The van der Waals surface area contributed by atoms with Crippen LogP contribution < -0.4 is 0 Å². The summed E-state index contributed by atoms with van der Waals surface area (Å²) < 4.78 is 6.67. The van der Waals surface area contributed by atoms with Gasteiger partial charge in [-0.15, -0.1) is 0 Å². The van der Waals surface area contributed by atoms with Crippen molar-refractivity contribution in [1.82, 2.24) is 14.3 Å². The van der Waals surface area contributed by atoms with Crippen LogP contribution in [0, 0.1) is 12.8 Å². The molecule has 0 radical (unpaired) electrons. The number of aliphatic hydroxyl groups excluding tert-OH is 1. The van der Waals surface area contributed by atoms with Crippen LogP contribution in [0.25, 0.3) is 5.65 Å². The quantitative estimate of drug-likeness (QED) is 0.863. The molecule has 6 heteroatoms. The first-order valence-corrected chi connectivity index (χ1v) is 7.99. The number of aryl methyl sites for hydroxylation is 1. The number of rotatable bonds is 4. The average Bonchev–Trinajstić information content (AvgIpc) is 2.95. The number of ether oxygens (including phenoxy) is 1. The number of piperidine rings is 1. The number of carbonyl (C=O) groups excluding carboxylic acids is 1. The van der Waals surface area contributed by atoms with Gasteiger partial charge in [0.25, 0.3) is 0 Å². The second kappa shape index (κ2) is 6.68. The number of methoxy groups -OCH3 is 1. The first-order valence-electron chi connectivity index (χ1n) is 7.99. The normalized spacial score (nSPS) is 18.2. The van der Waals surface area contributed by atoms with Crippen LogP contribution >= 0.6 is 0 Å². The summed E-state index contributed by atoms with van der Waals surface area (Å²) in [4.78, 5) is 18.4. The lowest BCUT2D eigenvalue weighted by atomic mass is 9.91. The molecule has 6 nitrogen and oxygen atoms in total. The maximum absolute atomic E-state index is 11.4. The highest BCUT2D eigenvalue weighted by atomic mass is 16.5. The van der Waals surface area contributed by atoms with Crippen molar-refractivity contribution in [3.63, 3.8) is 0 Å². The molecule has 23 heavy (non-hydrogen) atoms. The molecule has 124 valence electrons. The number of likely N-dealkylation sites (tertiary alicyclic amines) is 1. The van der Waals surface area contributed by atoms with Crippen molar-refractivity contribution in [3.8, 4) is 0 Å². The third-order valence-corrected chi connectivity index (χ3v) is 4.56. The molecule has 3 heterocycles. The molecule has 1 saturated heterocycles. The van der Waals surface area contributed by atoms with Gasteiger partial charge in [0.2, 0.25) is 0 Å². The number of carbonyl (C=O) groups is 1. The van der Waals surface area contributed by atoms with Gasteiger partial charge in [-0.05, 0) is 50.4 Å². The minimum atomic E-state index is -1.000. The topological polar surface area (TPSA) is 67.1 Å². The van der Waals surface area contributed by atoms with E-state index in [0.717, 1.165) is 43.8 Å². The number of imidazole rings is 1. The van der Waals surface area contributed by atoms with E-state index in [-0.39, 0.29) is 5.92 Å². The molecule has 0 bridgehead atoms. The van der Waals surface area contributed by atoms with Crippen molar-refractivity contribution < 1.29 is 14.6 Å². The molecule has 0 spiro atoms. The second-order valence-corrected chi connectivity index (χ2v) is 6.29. The van der Waals surface area contributed by atoms with E-state index < -0.39 is 12.1 Å². The van der Waals surface area contributed by atoms with Gasteiger partial charge in [-0.2, -0.15) is 0 Å². The number of esters is 1. The van der Waals surface area contributed by atoms with E-state index in [1.54, 1.807) is 0 Å². The zero-order chi connectivity index (χ0) is 16.4. The lowest BCUT2D eigenvalue weighted by molar-refractivity contribution is -0.154. The third-order valence-electron chi connectivity index (χ3n) is 4.56. The zero-order valence-corrected chi connectivity index (χ0v) is 13.6. The van der Waals surface area contributed by atoms with Crippen LogP contribution in [0.5, 0.6) is 0 Å². The summed E-state index contributed by atoms with van der Waals surface area (Å²) in [6, 6.07) is 4.09. The van der Waals surface area contributed by atoms with Crippen LogP contribution in [-0.4, -0.2) is 51.7 Å². The molecular formula is C17H23N3O3. The Bertz CT molecular complexity index is 689. The molecule has 0 aromatic carbocycles. The molecular weight excluding hydrogens is 294 g/mol. The molecule has 1 fully saturated rings. The van der Waals surface area contributed by atoms with Gasteiger partial charge in [0.1, 0.15) is 5.65 Å². The van der Waals surface area contributed by atoms with Crippen LogP contribution in [0.1, 0.15) is 24.1 Å². The Morgan fingerprint density at radius 3 is 2.83 bits per heavy atom. The van der Waals surface area contributed by atoms with Crippen molar-refractivity contribution >= 4 is 11.6 Å². The summed E-state index contributed by atoms with van der Waals surface area (Å²) in [5.41, 5.74) is 3.21. The number of aromatic nitrogens is 2. The lowest BCUT2D eigenvalue weighted by Crippen LogP contribution is -2.40. The largest absolute Gasteiger partial charge is 0.467 e. The summed E-state index contributed by atoms with van der Waals surface area (Å²) >= 11 is 0. The molecule has 1 atom stereocenters. The number of fused-ring (bicyclic) bond motifs is 1. The van der Waals surface area contributed by atoms with Gasteiger partial charge < -0.3 is 14.2 Å². The Kier molecular flexibility index (Phi) is 4.63. The molecule has 1 N–H and O–H groups in total. The summed E-state index contributed by atoms with van der Waals surface area (Å²) in [5, 5.41) is 9.93. The van der Waals surface area contributed by atoms with Crippen LogP contribution in [0.15, 0.2) is 24.5 Å². The predicted octanol–water partition coefficient (Wildman–Crippen LogP) is 1.39. The fraction of sp³-hybridized carbons (Fsp3) is 0.529. The van der Waals surface area contributed by atoms with Crippen LogP contribution in [0.3, 0.4) is 0 Å². The maximum atomic E-state index is 11.4. The van der Waals surface area contributed by atoms with Gasteiger partial charge in [0.05, 0.1) is 12.8 Å². The van der Waals surface area contributed by atoms with E-state index in [9.17, 15) is 9.90 Å². The van der Waals surface area contributed by atoms with Crippen LogP contribution in [-0.2, 0) is 16.1 Å². The minimum absolute atomic E-state index is 0.0116. The standard InChI is InChI=1S/C17H23N3O3/c1-12-3-4-15-18-14(11-20(15)9-12)10-19-7-5-13(6-8-19)16(21)17(22)23-2/h3-4,9,11,13,16,21H,5-8,10H2,1-2H3. The van der Waals surface area contributed by atoms with Gasteiger partial charge >= 0.3 is 5.97 Å². The molecule has 1 aliphatic heterocycles. The summed E-state index contributed by atoms with van der Waals surface area (Å²) in [7, 11) is 1.31. The Morgan fingerprint density at radius 1 is 1.39 bits per heavy atom. The van der Waals surface area contributed by atoms with Gasteiger partial charge in [-0.1, -0.05) is 6.07 Å². The molecule has 0 saturated carbocycles. The van der Waals surface area contributed by atoms with Crippen molar-refractivity contribution in [2.45, 2.75) is 32.4 Å². The van der Waals surface area contributed by atoms with E-state index >= 15 is 0 Å². The van der Waals surface area contributed by atoms with Gasteiger partial charge in [0.15, 0.2) is 6.10 Å². The number of pyridine rings is 1. The number of aliphatic hydroxyl groups is 1. The van der Waals surface area contributed by atoms with Crippen molar-refractivity contribution in [2.24, 2.45) is 5.92 Å². The second-order valence-electron chi connectivity index (χ2n) is 6.29. The number of hydrogen-bond donors (Lipinski definition) is 1. The van der Waals surface area contributed by atoms with E-state index in [2.05, 4.69) is 44.4 Å². The molecule has 2 aromatic heterocycles. The first kappa shape index (κ1) is 16.0. The fourth-order valence-electron chi connectivity index (χ4n) is 3.20. The molecule has 0 amide bonds. The highest BCUT2D eigenvalue weighted by Gasteiger charge is 2.30. The molecule has 1 aliphatic rings. The van der Waals surface area contributed by atoms with Crippen molar-refractivity contribution in [1.29, 1.82) is 0 Å². The summed E-state index contributed by atoms with van der Waals surface area (Å²) in [6.07, 6.45) is 4.73. The Morgan fingerprint density at radius 2 is 2.13 bits per heavy atom. The van der Waals surface area contributed by atoms with E-state index in [1.165, 1.54) is 12.7 Å². The highest BCUT2D eigenvalue weighted by molar-refractivity contribution is 5.74. The smallest absolute Gasteiger partial charge is 0.334 e. The van der Waals surface area contributed by atoms with Gasteiger partial charge in [-0.25, -0.2) is 9.78 Å². The minimum Gasteiger partial charge on any atom is -0.467 e. The van der Waals surface area contributed by atoms with Crippen LogP contribution in [0.2, 0.25) is 0 Å².